The van der Waals surface area contributed by atoms with Crippen LogP contribution in [0.5, 0.6) is 0 Å². The average molecular weight is 210 g/mol. The zero-order chi connectivity index (χ0) is 10.9. The van der Waals surface area contributed by atoms with E-state index in [4.69, 9.17) is 14.2 Å². The maximum Gasteiger partial charge on any atom is 0.162 e. The SMILES string of the molecule is C=CCOC[C@@H]1C=CCC(OCC=C)O1. The second kappa shape index (κ2) is 7.40. The summed E-state index contributed by atoms with van der Waals surface area (Å²) in [6, 6.07) is 0. The van der Waals surface area contributed by atoms with Crippen molar-refractivity contribution in [1.29, 1.82) is 0 Å². The second-order valence-electron chi connectivity index (χ2n) is 3.22. The summed E-state index contributed by atoms with van der Waals surface area (Å²) in [6.45, 7) is 8.77. The topological polar surface area (TPSA) is 27.7 Å². The summed E-state index contributed by atoms with van der Waals surface area (Å²) >= 11 is 0. The van der Waals surface area contributed by atoms with Crippen LogP contribution in [0.3, 0.4) is 0 Å². The smallest absolute Gasteiger partial charge is 0.162 e. The molecule has 0 fully saturated rings. The lowest BCUT2D eigenvalue weighted by molar-refractivity contribution is -0.167. The zero-order valence-electron chi connectivity index (χ0n) is 8.93. The normalized spacial score (nSPS) is 25.1. The Morgan fingerprint density at radius 2 is 2.13 bits per heavy atom. The molecule has 0 amide bonds. The van der Waals surface area contributed by atoms with E-state index in [9.17, 15) is 0 Å². The summed E-state index contributed by atoms with van der Waals surface area (Å²) in [7, 11) is 0. The summed E-state index contributed by atoms with van der Waals surface area (Å²) in [4.78, 5) is 0. The van der Waals surface area contributed by atoms with Crippen LogP contribution in [-0.2, 0) is 14.2 Å². The maximum absolute atomic E-state index is 5.62. The lowest BCUT2D eigenvalue weighted by Crippen LogP contribution is -2.29. The van der Waals surface area contributed by atoms with Crippen molar-refractivity contribution >= 4 is 0 Å². The molecular formula is C12H18O3. The molecule has 0 N–H and O–H groups in total. The Labute approximate surface area is 91.0 Å². The van der Waals surface area contributed by atoms with Crippen LogP contribution < -0.4 is 0 Å². The van der Waals surface area contributed by atoms with Crippen molar-refractivity contribution in [3.05, 3.63) is 37.5 Å². The van der Waals surface area contributed by atoms with Gasteiger partial charge in [0.25, 0.3) is 0 Å². The summed E-state index contributed by atoms with van der Waals surface area (Å²) in [5, 5.41) is 0. The van der Waals surface area contributed by atoms with Gasteiger partial charge in [-0.3, -0.25) is 0 Å². The van der Waals surface area contributed by atoms with Crippen molar-refractivity contribution in [1.82, 2.24) is 0 Å². The average Bonchev–Trinajstić information content (AvgIpc) is 2.27. The Morgan fingerprint density at radius 1 is 1.33 bits per heavy atom. The Balaban J connectivity index is 2.22. The van der Waals surface area contributed by atoms with Crippen LogP contribution in [-0.4, -0.2) is 32.2 Å². The molecule has 0 aromatic carbocycles. The van der Waals surface area contributed by atoms with Crippen molar-refractivity contribution < 1.29 is 14.2 Å². The minimum Gasteiger partial charge on any atom is -0.374 e. The van der Waals surface area contributed by atoms with Gasteiger partial charge in [0.05, 0.1) is 19.8 Å². The monoisotopic (exact) mass is 210 g/mol. The van der Waals surface area contributed by atoms with Gasteiger partial charge in [0.15, 0.2) is 6.29 Å². The molecule has 1 heterocycles. The van der Waals surface area contributed by atoms with E-state index < -0.39 is 0 Å². The van der Waals surface area contributed by atoms with E-state index in [-0.39, 0.29) is 12.4 Å². The van der Waals surface area contributed by atoms with Gasteiger partial charge >= 0.3 is 0 Å². The summed E-state index contributed by atoms with van der Waals surface area (Å²) in [5.74, 6) is 0. The third-order valence-corrected chi connectivity index (χ3v) is 1.92. The highest BCUT2D eigenvalue weighted by atomic mass is 16.7. The molecule has 3 heteroatoms. The number of hydrogen-bond acceptors (Lipinski definition) is 3. The van der Waals surface area contributed by atoms with Crippen molar-refractivity contribution in [3.8, 4) is 0 Å². The molecule has 0 radical (unpaired) electrons. The summed E-state index contributed by atoms with van der Waals surface area (Å²) in [5.41, 5.74) is 0. The first-order chi connectivity index (χ1) is 7.36. The number of hydrogen-bond donors (Lipinski definition) is 0. The lowest BCUT2D eigenvalue weighted by atomic mass is 10.2. The molecule has 0 bridgehead atoms. The Kier molecular flexibility index (Phi) is 6.00. The third-order valence-electron chi connectivity index (χ3n) is 1.92. The Hall–Kier alpha value is -0.900. The van der Waals surface area contributed by atoms with Gasteiger partial charge in [-0.25, -0.2) is 0 Å². The molecule has 0 saturated heterocycles. The predicted octanol–water partition coefficient (Wildman–Crippen LogP) is 2.06. The molecule has 0 aliphatic carbocycles. The molecule has 15 heavy (non-hydrogen) atoms. The van der Waals surface area contributed by atoms with Gasteiger partial charge in [-0.05, 0) is 0 Å². The molecule has 84 valence electrons. The molecule has 0 aromatic heterocycles. The van der Waals surface area contributed by atoms with Crippen molar-refractivity contribution in [3.63, 3.8) is 0 Å². The molecule has 1 aliphatic heterocycles. The van der Waals surface area contributed by atoms with E-state index >= 15 is 0 Å². The fraction of sp³-hybridized carbons (Fsp3) is 0.500. The van der Waals surface area contributed by atoms with E-state index in [1.54, 1.807) is 12.2 Å². The first-order valence-electron chi connectivity index (χ1n) is 5.10. The van der Waals surface area contributed by atoms with Crippen molar-refractivity contribution in [2.45, 2.75) is 18.8 Å². The summed E-state index contributed by atoms with van der Waals surface area (Å²) < 4.78 is 16.3. The van der Waals surface area contributed by atoms with Gasteiger partial charge in [-0.15, -0.1) is 13.2 Å². The Bertz CT molecular complexity index is 223. The molecule has 0 saturated carbocycles. The fourth-order valence-electron chi connectivity index (χ4n) is 1.28. The maximum atomic E-state index is 5.62. The molecule has 0 spiro atoms. The Morgan fingerprint density at radius 3 is 2.87 bits per heavy atom. The lowest BCUT2D eigenvalue weighted by Gasteiger charge is -2.25. The van der Waals surface area contributed by atoms with Crippen LogP contribution in [0.1, 0.15) is 6.42 Å². The number of ether oxygens (including phenoxy) is 3. The minimum atomic E-state index is -0.176. The van der Waals surface area contributed by atoms with Crippen LogP contribution in [0.2, 0.25) is 0 Å². The first kappa shape index (κ1) is 12.2. The van der Waals surface area contributed by atoms with Gasteiger partial charge in [0.2, 0.25) is 0 Å². The largest absolute Gasteiger partial charge is 0.374 e. The van der Waals surface area contributed by atoms with E-state index in [1.165, 1.54) is 0 Å². The molecule has 1 rings (SSSR count). The highest BCUT2D eigenvalue weighted by molar-refractivity contribution is 4.94. The van der Waals surface area contributed by atoms with Gasteiger partial charge in [-0.2, -0.15) is 0 Å². The van der Waals surface area contributed by atoms with Gasteiger partial charge < -0.3 is 14.2 Å². The van der Waals surface area contributed by atoms with Crippen LogP contribution in [0.15, 0.2) is 37.5 Å². The van der Waals surface area contributed by atoms with Crippen LogP contribution in [0, 0.1) is 0 Å². The predicted molar refractivity (Wildman–Crippen MR) is 59.6 cm³/mol. The second-order valence-corrected chi connectivity index (χ2v) is 3.22. The molecule has 3 nitrogen and oxygen atoms in total. The van der Waals surface area contributed by atoms with Crippen LogP contribution >= 0.6 is 0 Å². The van der Waals surface area contributed by atoms with Crippen molar-refractivity contribution in [2.75, 3.05) is 19.8 Å². The zero-order valence-corrected chi connectivity index (χ0v) is 8.93. The van der Waals surface area contributed by atoms with E-state index in [2.05, 4.69) is 19.2 Å². The standard InChI is InChI=1S/C12H18O3/c1-3-8-13-10-11-6-5-7-12(15-11)14-9-4-2/h3-6,11-12H,1-2,7-10H2/t11-,12?/m0/s1. The van der Waals surface area contributed by atoms with Crippen molar-refractivity contribution in [2.24, 2.45) is 0 Å². The highest BCUT2D eigenvalue weighted by Crippen LogP contribution is 2.13. The van der Waals surface area contributed by atoms with E-state index in [1.807, 2.05) is 6.08 Å². The van der Waals surface area contributed by atoms with Crippen LogP contribution in [0.25, 0.3) is 0 Å². The molecule has 1 unspecified atom stereocenters. The fourth-order valence-corrected chi connectivity index (χ4v) is 1.28. The van der Waals surface area contributed by atoms with Gasteiger partial charge in [0.1, 0.15) is 6.10 Å². The molecule has 0 aromatic rings. The van der Waals surface area contributed by atoms with Gasteiger partial charge in [0, 0.05) is 6.42 Å². The first-order valence-corrected chi connectivity index (χ1v) is 5.10. The van der Waals surface area contributed by atoms with E-state index in [0.29, 0.717) is 19.8 Å². The minimum absolute atomic E-state index is 0.0199. The molecular weight excluding hydrogens is 192 g/mol. The highest BCUT2D eigenvalue weighted by Gasteiger charge is 2.17. The molecule has 2 atom stereocenters. The van der Waals surface area contributed by atoms with Crippen LogP contribution in [0.4, 0.5) is 0 Å². The third kappa shape index (κ3) is 4.93. The number of rotatable bonds is 7. The summed E-state index contributed by atoms with van der Waals surface area (Å²) in [6.07, 6.45) is 8.07. The quantitative estimate of drug-likeness (QED) is 0.475. The van der Waals surface area contributed by atoms with Gasteiger partial charge in [-0.1, -0.05) is 24.3 Å². The molecule has 1 aliphatic rings. The van der Waals surface area contributed by atoms with E-state index in [0.717, 1.165) is 6.42 Å².